The summed E-state index contributed by atoms with van der Waals surface area (Å²) in [5, 5.41) is 2.67. The Bertz CT molecular complexity index is 721. The van der Waals surface area contributed by atoms with E-state index >= 15 is 0 Å². The first-order valence-corrected chi connectivity index (χ1v) is 7.54. The van der Waals surface area contributed by atoms with E-state index in [-0.39, 0.29) is 12.3 Å². The number of rotatable bonds is 3. The van der Waals surface area contributed by atoms with E-state index in [1.165, 1.54) is 12.1 Å². The second-order valence-electron chi connectivity index (χ2n) is 4.82. The van der Waals surface area contributed by atoms with E-state index in [0.29, 0.717) is 30.4 Å². The second-order valence-corrected chi connectivity index (χ2v) is 5.68. The number of anilines is 1. The number of ether oxygens (including phenoxy) is 2. The molecule has 0 aliphatic carbocycles. The largest absolute Gasteiger partial charge is 0.486 e. The lowest BCUT2D eigenvalue weighted by molar-refractivity contribution is -0.115. The summed E-state index contributed by atoms with van der Waals surface area (Å²) in [6.45, 7) is 1.00. The van der Waals surface area contributed by atoms with Crippen LogP contribution in [0.4, 0.5) is 10.1 Å². The zero-order valence-electron chi connectivity index (χ0n) is 11.6. The fourth-order valence-electron chi connectivity index (χ4n) is 2.19. The van der Waals surface area contributed by atoms with Gasteiger partial charge in [-0.1, -0.05) is 22.0 Å². The van der Waals surface area contributed by atoms with Crippen LogP contribution in [0.5, 0.6) is 11.5 Å². The summed E-state index contributed by atoms with van der Waals surface area (Å²) in [7, 11) is 0. The van der Waals surface area contributed by atoms with Gasteiger partial charge < -0.3 is 14.8 Å². The Morgan fingerprint density at radius 2 is 1.91 bits per heavy atom. The lowest BCUT2D eigenvalue weighted by Crippen LogP contribution is -2.17. The minimum atomic E-state index is -0.390. The van der Waals surface area contributed by atoms with Gasteiger partial charge in [0.25, 0.3) is 0 Å². The maximum atomic E-state index is 13.1. The Morgan fingerprint density at radius 1 is 1.18 bits per heavy atom. The molecular formula is C16H13BrFNO3. The number of hydrogen-bond donors (Lipinski definition) is 1. The number of fused-ring (bicyclic) bond motifs is 1. The summed E-state index contributed by atoms with van der Waals surface area (Å²) in [4.78, 5) is 12.1. The first kappa shape index (κ1) is 14.8. The Labute approximate surface area is 135 Å². The maximum absolute atomic E-state index is 13.1. The molecule has 1 heterocycles. The summed E-state index contributed by atoms with van der Waals surface area (Å²) >= 11 is 3.43. The van der Waals surface area contributed by atoms with Gasteiger partial charge in [-0.2, -0.15) is 0 Å². The van der Waals surface area contributed by atoms with Crippen LogP contribution in [0, 0.1) is 5.82 Å². The fraction of sp³-hybridized carbons (Fsp3) is 0.188. The van der Waals surface area contributed by atoms with E-state index in [1.54, 1.807) is 24.3 Å². The van der Waals surface area contributed by atoms with Crippen molar-refractivity contribution in [3.8, 4) is 11.5 Å². The summed E-state index contributed by atoms with van der Waals surface area (Å²) < 4.78 is 24.9. The molecule has 0 saturated heterocycles. The monoisotopic (exact) mass is 365 g/mol. The quantitative estimate of drug-likeness (QED) is 0.904. The average molecular weight is 366 g/mol. The third-order valence-electron chi connectivity index (χ3n) is 3.17. The Balaban J connectivity index is 1.74. The third kappa shape index (κ3) is 3.39. The first-order valence-electron chi connectivity index (χ1n) is 6.75. The van der Waals surface area contributed by atoms with Gasteiger partial charge in [-0.15, -0.1) is 0 Å². The van der Waals surface area contributed by atoms with Gasteiger partial charge in [0.15, 0.2) is 11.5 Å². The molecule has 2 aromatic rings. The van der Waals surface area contributed by atoms with E-state index in [4.69, 9.17) is 9.47 Å². The van der Waals surface area contributed by atoms with Crippen LogP contribution in [0.25, 0.3) is 0 Å². The molecule has 4 nitrogen and oxygen atoms in total. The number of carbonyl (C=O) groups excluding carboxylic acids is 1. The molecule has 6 heteroatoms. The molecular weight excluding hydrogens is 353 g/mol. The minimum Gasteiger partial charge on any atom is -0.486 e. The van der Waals surface area contributed by atoms with Gasteiger partial charge in [-0.3, -0.25) is 4.79 Å². The molecule has 3 rings (SSSR count). The summed E-state index contributed by atoms with van der Waals surface area (Å²) in [6, 6.07) is 9.36. The van der Waals surface area contributed by atoms with Crippen LogP contribution in [0.15, 0.2) is 40.9 Å². The number of benzene rings is 2. The molecule has 0 saturated carbocycles. The number of halogens is 2. The molecule has 0 aromatic heterocycles. The van der Waals surface area contributed by atoms with Crippen molar-refractivity contribution in [2.75, 3.05) is 18.5 Å². The molecule has 0 bridgehead atoms. The number of carbonyl (C=O) groups is 1. The topological polar surface area (TPSA) is 47.6 Å². The van der Waals surface area contributed by atoms with Crippen molar-refractivity contribution < 1.29 is 18.7 Å². The molecule has 0 spiro atoms. The van der Waals surface area contributed by atoms with E-state index in [9.17, 15) is 9.18 Å². The zero-order chi connectivity index (χ0) is 15.5. The molecule has 0 atom stereocenters. The van der Waals surface area contributed by atoms with Crippen molar-refractivity contribution in [1.29, 1.82) is 0 Å². The van der Waals surface area contributed by atoms with Gasteiger partial charge >= 0.3 is 0 Å². The molecule has 1 N–H and O–H groups in total. The van der Waals surface area contributed by atoms with Crippen LogP contribution in [-0.4, -0.2) is 19.1 Å². The second kappa shape index (κ2) is 6.36. The summed E-state index contributed by atoms with van der Waals surface area (Å²) in [5.41, 5.74) is 1.21. The van der Waals surface area contributed by atoms with E-state index < -0.39 is 5.82 Å². The standard InChI is InChI=1S/C16H13BrFNO3/c17-13-9-15-14(21-4-5-22-15)6-10(13)7-16(20)19-12-3-1-2-11(18)8-12/h1-3,6,8-9H,4-5,7H2,(H,19,20). The molecule has 22 heavy (non-hydrogen) atoms. The van der Waals surface area contributed by atoms with Crippen LogP contribution in [0.3, 0.4) is 0 Å². The minimum absolute atomic E-state index is 0.147. The fourth-order valence-corrected chi connectivity index (χ4v) is 2.65. The highest BCUT2D eigenvalue weighted by Crippen LogP contribution is 2.35. The molecule has 0 fully saturated rings. The van der Waals surface area contributed by atoms with E-state index in [0.717, 1.165) is 10.0 Å². The van der Waals surface area contributed by atoms with Gasteiger partial charge in [-0.25, -0.2) is 4.39 Å². The summed E-state index contributed by atoms with van der Waals surface area (Å²) in [5.74, 6) is 0.664. The van der Waals surface area contributed by atoms with Gasteiger partial charge in [0.2, 0.25) is 5.91 Å². The number of amides is 1. The molecule has 0 radical (unpaired) electrons. The molecule has 1 aliphatic rings. The van der Waals surface area contributed by atoms with Gasteiger partial charge in [0, 0.05) is 10.2 Å². The van der Waals surface area contributed by atoms with Crippen molar-refractivity contribution in [3.63, 3.8) is 0 Å². The number of nitrogens with one attached hydrogen (secondary N) is 1. The lowest BCUT2D eigenvalue weighted by atomic mass is 10.1. The molecule has 0 unspecified atom stereocenters. The average Bonchev–Trinajstić information content (AvgIpc) is 2.48. The van der Waals surface area contributed by atoms with Gasteiger partial charge in [-0.05, 0) is 35.9 Å². The highest BCUT2D eigenvalue weighted by molar-refractivity contribution is 9.10. The summed E-state index contributed by atoms with van der Waals surface area (Å²) in [6.07, 6.45) is 0.147. The third-order valence-corrected chi connectivity index (χ3v) is 3.91. The van der Waals surface area contributed by atoms with Crippen molar-refractivity contribution in [2.45, 2.75) is 6.42 Å². The van der Waals surface area contributed by atoms with E-state index in [1.807, 2.05) is 0 Å². The molecule has 2 aromatic carbocycles. The van der Waals surface area contributed by atoms with E-state index in [2.05, 4.69) is 21.2 Å². The molecule has 1 aliphatic heterocycles. The van der Waals surface area contributed by atoms with Crippen molar-refractivity contribution in [1.82, 2.24) is 0 Å². The maximum Gasteiger partial charge on any atom is 0.228 e. The van der Waals surface area contributed by atoms with Crippen molar-refractivity contribution in [3.05, 3.63) is 52.3 Å². The van der Waals surface area contributed by atoms with Gasteiger partial charge in [0.05, 0.1) is 6.42 Å². The lowest BCUT2D eigenvalue weighted by Gasteiger charge is -2.19. The Morgan fingerprint density at radius 3 is 2.64 bits per heavy atom. The van der Waals surface area contributed by atoms with Gasteiger partial charge in [0.1, 0.15) is 19.0 Å². The highest BCUT2D eigenvalue weighted by atomic mass is 79.9. The van der Waals surface area contributed by atoms with Crippen LogP contribution in [0.2, 0.25) is 0 Å². The molecule has 1 amide bonds. The Kier molecular flexibility index (Phi) is 4.29. The van der Waals surface area contributed by atoms with Crippen LogP contribution >= 0.6 is 15.9 Å². The number of hydrogen-bond acceptors (Lipinski definition) is 3. The van der Waals surface area contributed by atoms with Crippen molar-refractivity contribution in [2.24, 2.45) is 0 Å². The predicted octanol–water partition coefficient (Wildman–Crippen LogP) is 3.54. The smallest absolute Gasteiger partial charge is 0.228 e. The Hall–Kier alpha value is -2.08. The zero-order valence-corrected chi connectivity index (χ0v) is 13.2. The first-order chi connectivity index (χ1) is 10.6. The normalized spacial score (nSPS) is 12.8. The molecule has 114 valence electrons. The SMILES string of the molecule is O=C(Cc1cc2c(cc1Br)OCCO2)Nc1cccc(F)c1. The predicted molar refractivity (Wildman–Crippen MR) is 83.9 cm³/mol. The van der Waals surface area contributed by atoms with Crippen LogP contribution in [0.1, 0.15) is 5.56 Å². The van der Waals surface area contributed by atoms with Crippen LogP contribution in [-0.2, 0) is 11.2 Å². The van der Waals surface area contributed by atoms with Crippen LogP contribution < -0.4 is 14.8 Å². The highest BCUT2D eigenvalue weighted by Gasteiger charge is 2.16. The van der Waals surface area contributed by atoms with Crippen molar-refractivity contribution >= 4 is 27.5 Å².